The van der Waals surface area contributed by atoms with Crippen LogP contribution in [0.3, 0.4) is 0 Å². The number of benzene rings is 1. The zero-order valence-corrected chi connectivity index (χ0v) is 18.9. The molecule has 0 saturated carbocycles. The van der Waals surface area contributed by atoms with Gasteiger partial charge in [0.1, 0.15) is 11.6 Å². The van der Waals surface area contributed by atoms with Crippen molar-refractivity contribution in [3.8, 4) is 10.4 Å². The Morgan fingerprint density at radius 2 is 1.83 bits per heavy atom. The number of hydrogen-bond donors (Lipinski definition) is 2. The minimum atomic E-state index is -0.232. The van der Waals surface area contributed by atoms with Gasteiger partial charge < -0.3 is 10.6 Å². The molecule has 3 aromatic rings. The van der Waals surface area contributed by atoms with Gasteiger partial charge in [0.25, 0.3) is 0 Å². The van der Waals surface area contributed by atoms with Gasteiger partial charge in [-0.2, -0.15) is 0 Å². The molecule has 0 radical (unpaired) electrons. The Hall–Kier alpha value is -1.44. The van der Waals surface area contributed by atoms with E-state index in [2.05, 4.69) is 26.7 Å². The molecule has 0 bridgehead atoms. The van der Waals surface area contributed by atoms with Crippen molar-refractivity contribution in [2.24, 2.45) is 0 Å². The number of hydrogen-bond acceptors (Lipinski definition) is 5. The number of aromatic nitrogens is 2. The van der Waals surface area contributed by atoms with Gasteiger partial charge >= 0.3 is 0 Å². The molecule has 4 nitrogen and oxygen atoms in total. The van der Waals surface area contributed by atoms with Gasteiger partial charge in [0.15, 0.2) is 5.13 Å². The quantitative estimate of drug-likeness (QED) is 0.454. The van der Waals surface area contributed by atoms with Crippen LogP contribution in [-0.4, -0.2) is 22.6 Å². The lowest BCUT2D eigenvalue weighted by atomic mass is 10.1. The van der Waals surface area contributed by atoms with E-state index in [1.807, 2.05) is 12.3 Å². The van der Waals surface area contributed by atoms with E-state index in [-0.39, 0.29) is 43.0 Å². The summed E-state index contributed by atoms with van der Waals surface area (Å²) >= 11 is 1.52. The summed E-state index contributed by atoms with van der Waals surface area (Å²) in [4.78, 5) is 9.88. The second kappa shape index (κ2) is 12.3. The van der Waals surface area contributed by atoms with Crippen molar-refractivity contribution in [3.05, 3.63) is 60.2 Å². The van der Waals surface area contributed by atoms with Gasteiger partial charge in [-0.05, 0) is 61.6 Å². The van der Waals surface area contributed by atoms with Gasteiger partial charge in [0, 0.05) is 18.4 Å². The molecule has 0 spiro atoms. The molecule has 2 aromatic heterocycles. The summed E-state index contributed by atoms with van der Waals surface area (Å²) in [5.74, 6) is 0.553. The van der Waals surface area contributed by atoms with Gasteiger partial charge in [-0.25, -0.2) is 14.4 Å². The van der Waals surface area contributed by atoms with E-state index in [0.717, 1.165) is 34.4 Å². The van der Waals surface area contributed by atoms with Crippen molar-refractivity contribution in [3.63, 3.8) is 0 Å². The van der Waals surface area contributed by atoms with Gasteiger partial charge in [-0.3, -0.25) is 0 Å². The summed E-state index contributed by atoms with van der Waals surface area (Å²) in [7, 11) is 0. The van der Waals surface area contributed by atoms with E-state index in [1.165, 1.54) is 48.3 Å². The monoisotopic (exact) mass is 476 g/mol. The number of thiazole rings is 1. The molecule has 1 unspecified atom stereocenters. The Morgan fingerprint density at radius 1 is 1.03 bits per heavy atom. The lowest BCUT2D eigenvalue weighted by Crippen LogP contribution is -2.21. The third kappa shape index (κ3) is 7.08. The maximum atomic E-state index is 13.0. The summed E-state index contributed by atoms with van der Waals surface area (Å²) in [5.41, 5.74) is 2.22. The Balaban J connectivity index is 0.00000140. The van der Waals surface area contributed by atoms with E-state index >= 15 is 0 Å². The fraction of sp³-hybridized carbons (Fsp3) is 0.300. The van der Waals surface area contributed by atoms with Crippen molar-refractivity contribution >= 4 is 59.5 Å². The zero-order chi connectivity index (χ0) is 17.8. The predicted octanol–water partition coefficient (Wildman–Crippen LogP) is 6.04. The number of nitrogens with one attached hydrogen (secondary N) is 2. The van der Waals surface area contributed by atoms with Gasteiger partial charge in [0.2, 0.25) is 0 Å². The third-order valence-electron chi connectivity index (χ3n) is 4.64. The summed E-state index contributed by atoms with van der Waals surface area (Å²) in [6, 6.07) is 11.2. The maximum absolute atomic E-state index is 13.0. The lowest BCUT2D eigenvalue weighted by molar-refractivity contribution is 0.559. The van der Waals surface area contributed by atoms with E-state index in [1.54, 1.807) is 18.3 Å². The SMILES string of the molecule is Cl.Cl.Cl.Fc1ccc(-c2cnc(Nc3ccc(CCC4CCCN4)cn3)s2)cc1. The normalized spacial score (nSPS) is 15.0. The van der Waals surface area contributed by atoms with Crippen LogP contribution in [0.4, 0.5) is 15.3 Å². The average molecular weight is 478 g/mol. The van der Waals surface area contributed by atoms with Gasteiger partial charge in [-0.1, -0.05) is 29.5 Å². The molecule has 1 fully saturated rings. The number of anilines is 2. The first-order valence-electron chi connectivity index (χ1n) is 8.93. The Morgan fingerprint density at radius 3 is 2.48 bits per heavy atom. The van der Waals surface area contributed by atoms with Crippen molar-refractivity contribution in [2.45, 2.75) is 31.7 Å². The van der Waals surface area contributed by atoms with Crippen LogP contribution in [0, 0.1) is 5.82 Å². The van der Waals surface area contributed by atoms with Crippen LogP contribution < -0.4 is 10.6 Å². The molecule has 9 heteroatoms. The van der Waals surface area contributed by atoms with Crippen LogP contribution in [0.1, 0.15) is 24.8 Å². The van der Waals surface area contributed by atoms with E-state index in [9.17, 15) is 4.39 Å². The van der Waals surface area contributed by atoms with Crippen molar-refractivity contribution in [1.82, 2.24) is 15.3 Å². The topological polar surface area (TPSA) is 49.8 Å². The standard InChI is InChI=1S/C20H21FN4S.3ClH/c21-16-7-5-15(6-8-16)18-13-24-20(26-18)25-19-10-4-14(12-23-19)3-9-17-2-1-11-22-17;;;/h4-8,10,12-13,17,22H,1-3,9,11H2,(H,23,24,25);3*1H. The van der Waals surface area contributed by atoms with Crippen LogP contribution in [0.25, 0.3) is 10.4 Å². The van der Waals surface area contributed by atoms with E-state index in [4.69, 9.17) is 0 Å². The molecule has 4 rings (SSSR count). The largest absolute Gasteiger partial charge is 0.316 e. The second-order valence-corrected chi connectivity index (χ2v) is 7.58. The van der Waals surface area contributed by atoms with Gasteiger partial charge in [0.05, 0.1) is 4.88 Å². The molecular formula is C20H24Cl3FN4S. The maximum Gasteiger partial charge on any atom is 0.188 e. The highest BCUT2D eigenvalue weighted by Crippen LogP contribution is 2.30. The number of nitrogens with zero attached hydrogens (tertiary/aromatic N) is 2. The van der Waals surface area contributed by atoms with E-state index in [0.29, 0.717) is 6.04 Å². The predicted molar refractivity (Wildman–Crippen MR) is 126 cm³/mol. The Bertz CT molecular complexity index is 853. The first-order valence-corrected chi connectivity index (χ1v) is 9.75. The molecule has 1 aliphatic heterocycles. The Kier molecular flexibility index (Phi) is 10.9. The molecule has 1 aliphatic rings. The van der Waals surface area contributed by atoms with Crippen LogP contribution in [0.5, 0.6) is 0 Å². The zero-order valence-electron chi connectivity index (χ0n) is 15.6. The molecule has 1 aromatic carbocycles. The number of halogens is 4. The minimum absolute atomic E-state index is 0. The molecule has 0 aliphatic carbocycles. The molecule has 29 heavy (non-hydrogen) atoms. The fourth-order valence-electron chi connectivity index (χ4n) is 3.18. The molecule has 3 heterocycles. The summed E-state index contributed by atoms with van der Waals surface area (Å²) in [6.07, 6.45) is 8.53. The lowest BCUT2D eigenvalue weighted by Gasteiger charge is -2.09. The van der Waals surface area contributed by atoms with E-state index < -0.39 is 0 Å². The molecule has 0 amide bonds. The van der Waals surface area contributed by atoms with Crippen molar-refractivity contribution in [1.29, 1.82) is 0 Å². The summed E-state index contributed by atoms with van der Waals surface area (Å²) < 4.78 is 13.0. The summed E-state index contributed by atoms with van der Waals surface area (Å²) in [5, 5.41) is 7.55. The highest BCUT2D eigenvalue weighted by molar-refractivity contribution is 7.18. The highest BCUT2D eigenvalue weighted by atomic mass is 35.5. The first-order chi connectivity index (χ1) is 12.8. The van der Waals surface area contributed by atoms with Crippen LogP contribution in [0.2, 0.25) is 0 Å². The fourth-order valence-corrected chi connectivity index (χ4v) is 4.01. The first kappa shape index (κ1) is 25.6. The summed E-state index contributed by atoms with van der Waals surface area (Å²) in [6.45, 7) is 1.15. The van der Waals surface area contributed by atoms with Crippen LogP contribution in [-0.2, 0) is 6.42 Å². The van der Waals surface area contributed by atoms with Crippen molar-refractivity contribution < 1.29 is 4.39 Å². The molecular weight excluding hydrogens is 454 g/mol. The van der Waals surface area contributed by atoms with Crippen LogP contribution >= 0.6 is 48.6 Å². The van der Waals surface area contributed by atoms with Gasteiger partial charge in [-0.15, -0.1) is 37.2 Å². The average Bonchev–Trinajstić information content (AvgIpc) is 3.34. The number of pyridine rings is 1. The number of aryl methyl sites for hydroxylation is 1. The number of rotatable bonds is 6. The molecule has 158 valence electrons. The molecule has 2 N–H and O–H groups in total. The minimum Gasteiger partial charge on any atom is -0.316 e. The second-order valence-electron chi connectivity index (χ2n) is 6.55. The van der Waals surface area contributed by atoms with Crippen molar-refractivity contribution in [2.75, 3.05) is 11.9 Å². The Labute approximate surface area is 193 Å². The van der Waals surface area contributed by atoms with Crippen LogP contribution in [0.15, 0.2) is 48.8 Å². The smallest absolute Gasteiger partial charge is 0.188 e. The highest BCUT2D eigenvalue weighted by Gasteiger charge is 2.13. The third-order valence-corrected chi connectivity index (χ3v) is 5.60. The molecule has 1 saturated heterocycles. The molecule has 1 atom stereocenters.